The molecule has 0 spiro atoms. The number of benzene rings is 1. The second-order valence-electron chi connectivity index (χ2n) is 4.97. The van der Waals surface area contributed by atoms with Crippen molar-refractivity contribution in [3.8, 4) is 11.1 Å². The predicted molar refractivity (Wildman–Crippen MR) is 74.3 cm³/mol. The van der Waals surface area contributed by atoms with E-state index >= 15 is 0 Å². The number of aromatic nitrogens is 2. The second kappa shape index (κ2) is 4.88. The first-order valence-electron chi connectivity index (χ1n) is 6.23. The molecule has 0 saturated carbocycles. The molecule has 0 fully saturated rings. The van der Waals surface area contributed by atoms with Crippen molar-refractivity contribution in [2.45, 2.75) is 34.1 Å². The van der Waals surface area contributed by atoms with Crippen LogP contribution in [0.1, 0.15) is 27.9 Å². The number of nitrogens with one attached hydrogen (secondary N) is 1. The van der Waals surface area contributed by atoms with Crippen molar-refractivity contribution >= 4 is 5.97 Å². The lowest BCUT2D eigenvalue weighted by Crippen LogP contribution is -2.03. The van der Waals surface area contributed by atoms with Crippen LogP contribution in [-0.4, -0.2) is 21.3 Å². The molecule has 2 N–H and O–H groups in total. The third kappa shape index (κ3) is 2.38. The zero-order valence-corrected chi connectivity index (χ0v) is 11.7. The summed E-state index contributed by atoms with van der Waals surface area (Å²) in [4.78, 5) is 10.9. The first-order valence-corrected chi connectivity index (χ1v) is 6.23. The smallest absolute Gasteiger partial charge is 0.309 e. The lowest BCUT2D eigenvalue weighted by atomic mass is 9.89. The van der Waals surface area contributed by atoms with Crippen LogP contribution in [-0.2, 0) is 11.2 Å². The summed E-state index contributed by atoms with van der Waals surface area (Å²) in [6.45, 7) is 8.27. The normalized spacial score (nSPS) is 10.7. The van der Waals surface area contributed by atoms with Gasteiger partial charge in [0.25, 0.3) is 0 Å². The molecule has 100 valence electrons. The van der Waals surface area contributed by atoms with Gasteiger partial charge in [-0.2, -0.15) is 5.10 Å². The lowest BCUT2D eigenvalue weighted by Gasteiger charge is -2.15. The van der Waals surface area contributed by atoms with E-state index in [0.29, 0.717) is 5.69 Å². The van der Waals surface area contributed by atoms with E-state index < -0.39 is 5.97 Å². The van der Waals surface area contributed by atoms with Gasteiger partial charge in [0, 0.05) is 5.56 Å². The third-order valence-corrected chi connectivity index (χ3v) is 3.68. The summed E-state index contributed by atoms with van der Waals surface area (Å²) in [5, 5.41) is 15.8. The van der Waals surface area contributed by atoms with Gasteiger partial charge in [0.2, 0.25) is 0 Å². The fraction of sp³-hybridized carbons (Fsp3) is 0.333. The summed E-state index contributed by atoms with van der Waals surface area (Å²) in [5.74, 6) is -0.856. The van der Waals surface area contributed by atoms with Crippen molar-refractivity contribution in [2.24, 2.45) is 0 Å². The molecule has 0 amide bonds. The topological polar surface area (TPSA) is 66.0 Å². The van der Waals surface area contributed by atoms with Gasteiger partial charge in [-0.25, -0.2) is 0 Å². The SMILES string of the molecule is Cc1cc(C)c(C)c(-c2cn[nH]c2CC(=O)O)c1C. The van der Waals surface area contributed by atoms with Gasteiger partial charge in [-0.15, -0.1) is 0 Å². The van der Waals surface area contributed by atoms with Gasteiger partial charge in [-0.3, -0.25) is 9.89 Å². The Kier molecular flexibility index (Phi) is 3.42. The number of aliphatic carboxylic acids is 1. The monoisotopic (exact) mass is 258 g/mol. The Bertz CT molecular complexity index is 616. The molecule has 0 aliphatic carbocycles. The van der Waals surface area contributed by atoms with Gasteiger partial charge in [-0.1, -0.05) is 6.07 Å². The number of hydrogen-bond acceptors (Lipinski definition) is 2. The molecule has 4 heteroatoms. The molecule has 1 aromatic carbocycles. The van der Waals surface area contributed by atoms with Crippen molar-refractivity contribution in [3.63, 3.8) is 0 Å². The second-order valence-corrected chi connectivity index (χ2v) is 4.97. The van der Waals surface area contributed by atoms with E-state index in [4.69, 9.17) is 5.11 Å². The van der Waals surface area contributed by atoms with Crippen LogP contribution in [0.4, 0.5) is 0 Å². The molecule has 4 nitrogen and oxygen atoms in total. The average Bonchev–Trinajstić information content (AvgIpc) is 2.74. The number of aryl methyl sites for hydroxylation is 2. The Morgan fingerprint density at radius 1 is 1.21 bits per heavy atom. The Labute approximate surface area is 112 Å². The summed E-state index contributed by atoms with van der Waals surface area (Å²) >= 11 is 0. The summed E-state index contributed by atoms with van der Waals surface area (Å²) < 4.78 is 0. The highest BCUT2D eigenvalue weighted by Crippen LogP contribution is 2.33. The van der Waals surface area contributed by atoms with Gasteiger partial charge in [-0.05, 0) is 55.5 Å². The number of hydrogen-bond donors (Lipinski definition) is 2. The fourth-order valence-electron chi connectivity index (χ4n) is 2.44. The van der Waals surface area contributed by atoms with E-state index in [-0.39, 0.29) is 6.42 Å². The van der Waals surface area contributed by atoms with Crippen LogP contribution in [0, 0.1) is 27.7 Å². The molecule has 0 bridgehead atoms. The molecule has 2 rings (SSSR count). The number of rotatable bonds is 3. The maximum atomic E-state index is 10.9. The fourth-order valence-corrected chi connectivity index (χ4v) is 2.44. The predicted octanol–water partition coefficient (Wildman–Crippen LogP) is 2.94. The van der Waals surface area contributed by atoms with Crippen molar-refractivity contribution in [3.05, 3.63) is 40.2 Å². The van der Waals surface area contributed by atoms with Crippen molar-refractivity contribution < 1.29 is 9.90 Å². The van der Waals surface area contributed by atoms with Crippen molar-refractivity contribution in [1.29, 1.82) is 0 Å². The number of H-pyrrole nitrogens is 1. The highest BCUT2D eigenvalue weighted by Gasteiger charge is 2.16. The summed E-state index contributed by atoms with van der Waals surface area (Å²) in [6, 6.07) is 2.16. The van der Waals surface area contributed by atoms with E-state index in [2.05, 4.69) is 44.0 Å². The molecule has 0 aliphatic rings. The van der Waals surface area contributed by atoms with Crippen LogP contribution in [0.15, 0.2) is 12.3 Å². The van der Waals surface area contributed by atoms with Crippen LogP contribution in [0.2, 0.25) is 0 Å². The van der Waals surface area contributed by atoms with Gasteiger partial charge in [0.1, 0.15) is 0 Å². The van der Waals surface area contributed by atoms with Crippen LogP contribution >= 0.6 is 0 Å². The maximum Gasteiger partial charge on any atom is 0.309 e. The van der Waals surface area contributed by atoms with Crippen molar-refractivity contribution in [1.82, 2.24) is 10.2 Å². The van der Waals surface area contributed by atoms with Crippen LogP contribution < -0.4 is 0 Å². The summed E-state index contributed by atoms with van der Waals surface area (Å²) in [5.41, 5.74) is 7.42. The number of aromatic amines is 1. The largest absolute Gasteiger partial charge is 0.481 e. The van der Waals surface area contributed by atoms with E-state index in [1.54, 1.807) is 6.20 Å². The Hall–Kier alpha value is -2.10. The van der Waals surface area contributed by atoms with Gasteiger partial charge >= 0.3 is 5.97 Å². The molecule has 1 heterocycles. The Balaban J connectivity index is 2.66. The minimum atomic E-state index is -0.856. The average molecular weight is 258 g/mol. The van der Waals surface area contributed by atoms with Crippen LogP contribution in [0.5, 0.6) is 0 Å². The number of nitrogens with zero attached hydrogens (tertiary/aromatic N) is 1. The van der Waals surface area contributed by atoms with Crippen LogP contribution in [0.3, 0.4) is 0 Å². The zero-order chi connectivity index (χ0) is 14.2. The van der Waals surface area contributed by atoms with Gasteiger partial charge < -0.3 is 5.11 Å². The Morgan fingerprint density at radius 2 is 1.79 bits per heavy atom. The molecule has 0 atom stereocenters. The highest BCUT2D eigenvalue weighted by molar-refractivity contribution is 5.79. The molecule has 19 heavy (non-hydrogen) atoms. The molecule has 0 unspecified atom stereocenters. The zero-order valence-electron chi connectivity index (χ0n) is 11.7. The molecule has 2 aromatic rings. The molecule has 0 radical (unpaired) electrons. The summed E-state index contributed by atoms with van der Waals surface area (Å²) in [7, 11) is 0. The first kappa shape index (κ1) is 13.3. The number of carbonyl (C=O) groups is 1. The van der Waals surface area contributed by atoms with E-state index in [0.717, 1.165) is 11.1 Å². The van der Waals surface area contributed by atoms with Gasteiger partial charge in [0.05, 0.1) is 18.3 Å². The summed E-state index contributed by atoms with van der Waals surface area (Å²) in [6.07, 6.45) is 1.67. The van der Waals surface area contributed by atoms with E-state index in [1.807, 2.05) is 0 Å². The molecule has 1 aromatic heterocycles. The first-order chi connectivity index (χ1) is 8.91. The van der Waals surface area contributed by atoms with E-state index in [9.17, 15) is 4.79 Å². The lowest BCUT2D eigenvalue weighted by molar-refractivity contribution is -0.136. The van der Waals surface area contributed by atoms with Gasteiger partial charge in [0.15, 0.2) is 0 Å². The minimum Gasteiger partial charge on any atom is -0.481 e. The molecular formula is C15H18N2O2. The Morgan fingerprint density at radius 3 is 2.32 bits per heavy atom. The maximum absolute atomic E-state index is 10.9. The van der Waals surface area contributed by atoms with Crippen LogP contribution in [0.25, 0.3) is 11.1 Å². The van der Waals surface area contributed by atoms with E-state index in [1.165, 1.54) is 22.3 Å². The quantitative estimate of drug-likeness (QED) is 0.889. The molecule has 0 saturated heterocycles. The standard InChI is InChI=1S/C15H18N2O2/c1-8-5-9(2)11(4)15(10(8)3)12-7-16-17-13(12)6-14(18)19/h5,7H,6H2,1-4H3,(H,16,17)(H,18,19). The third-order valence-electron chi connectivity index (χ3n) is 3.68. The molecule has 0 aliphatic heterocycles. The minimum absolute atomic E-state index is 0.0405. The molecular weight excluding hydrogens is 240 g/mol. The number of carboxylic acids is 1. The highest BCUT2D eigenvalue weighted by atomic mass is 16.4. The van der Waals surface area contributed by atoms with Crippen molar-refractivity contribution in [2.75, 3.05) is 0 Å². The number of carboxylic acid groups (broad SMARTS) is 1.